The Kier molecular flexibility index (Phi) is 6.23. The van der Waals surface area contributed by atoms with Gasteiger partial charge in [0.05, 0.1) is 13.2 Å². The molecule has 0 atom stereocenters. The molecular weight excluding hydrogens is 488 g/mol. The zero-order valence-electron chi connectivity index (χ0n) is 21.0. The third kappa shape index (κ3) is 3.90. The van der Waals surface area contributed by atoms with Crippen LogP contribution in [0.3, 0.4) is 0 Å². The minimum Gasteiger partial charge on any atom is -0.508 e. The van der Waals surface area contributed by atoms with E-state index < -0.39 is 11.9 Å². The van der Waals surface area contributed by atoms with Crippen LogP contribution in [0.5, 0.6) is 11.5 Å². The van der Waals surface area contributed by atoms with E-state index in [9.17, 15) is 19.8 Å². The van der Waals surface area contributed by atoms with Crippen molar-refractivity contribution in [1.82, 2.24) is 9.13 Å². The third-order valence-electron chi connectivity index (χ3n) is 6.70. The first-order chi connectivity index (χ1) is 18.3. The normalized spacial score (nSPS) is 12.1. The predicted molar refractivity (Wildman–Crippen MR) is 141 cm³/mol. The standard InChI is InChI=1S/C28H28N4O6/c1-3-37-27(35)23-19-13-22-20(14-21(19)31(25(23)29)15-5-9-17(33)10-6-15)24(28(36)38-4-2)26(30)32(22)16-7-11-18(34)12-8-16/h5-12,33-34H,3-4,13-14,29-30H2,1-2H3. The monoisotopic (exact) mass is 516 g/mol. The van der Waals surface area contributed by atoms with E-state index in [1.165, 1.54) is 24.3 Å². The average molecular weight is 517 g/mol. The summed E-state index contributed by atoms with van der Waals surface area (Å²) >= 11 is 0. The van der Waals surface area contributed by atoms with Crippen molar-refractivity contribution in [1.29, 1.82) is 0 Å². The number of fused-ring (bicyclic) bond motifs is 2. The summed E-state index contributed by atoms with van der Waals surface area (Å²) in [5.74, 6) is -0.529. The molecule has 2 aromatic carbocycles. The van der Waals surface area contributed by atoms with Gasteiger partial charge in [-0.25, -0.2) is 9.59 Å². The molecule has 6 N–H and O–H groups in total. The van der Waals surface area contributed by atoms with Crippen LogP contribution >= 0.6 is 0 Å². The van der Waals surface area contributed by atoms with Gasteiger partial charge in [0.25, 0.3) is 0 Å². The number of phenols is 2. The van der Waals surface area contributed by atoms with E-state index in [-0.39, 0.29) is 60.3 Å². The maximum absolute atomic E-state index is 13.1. The summed E-state index contributed by atoms with van der Waals surface area (Å²) in [7, 11) is 0. The van der Waals surface area contributed by atoms with Crippen molar-refractivity contribution in [3.8, 4) is 22.9 Å². The molecule has 1 aliphatic carbocycles. The number of nitrogen functional groups attached to an aromatic ring is 2. The molecule has 1 aliphatic rings. The first-order valence-electron chi connectivity index (χ1n) is 12.2. The molecule has 0 radical (unpaired) electrons. The van der Waals surface area contributed by atoms with Gasteiger partial charge >= 0.3 is 11.9 Å². The number of nitrogens with two attached hydrogens (primary N) is 2. The maximum Gasteiger partial charge on any atom is 0.342 e. The molecule has 10 heteroatoms. The Hall–Kier alpha value is -4.86. The summed E-state index contributed by atoms with van der Waals surface area (Å²) in [5.41, 5.74) is 17.7. The highest BCUT2D eigenvalue weighted by molar-refractivity contribution is 6.00. The van der Waals surface area contributed by atoms with E-state index in [1.807, 2.05) is 0 Å². The molecule has 0 spiro atoms. The molecule has 196 valence electrons. The highest BCUT2D eigenvalue weighted by atomic mass is 16.5. The smallest absolute Gasteiger partial charge is 0.342 e. The Labute approximate surface area is 218 Å². The van der Waals surface area contributed by atoms with Crippen molar-refractivity contribution in [2.24, 2.45) is 0 Å². The molecule has 10 nitrogen and oxygen atoms in total. The number of rotatable bonds is 6. The Bertz CT molecular complexity index is 1430. The lowest BCUT2D eigenvalue weighted by molar-refractivity contribution is 0.0516. The molecule has 2 aromatic heterocycles. The number of hydrogen-bond acceptors (Lipinski definition) is 8. The van der Waals surface area contributed by atoms with Crippen LogP contribution in [0.4, 0.5) is 11.6 Å². The van der Waals surface area contributed by atoms with Crippen LogP contribution < -0.4 is 11.5 Å². The van der Waals surface area contributed by atoms with Crippen LogP contribution in [-0.4, -0.2) is 44.5 Å². The zero-order valence-corrected chi connectivity index (χ0v) is 21.0. The Morgan fingerprint density at radius 1 is 0.711 bits per heavy atom. The third-order valence-corrected chi connectivity index (χ3v) is 6.70. The first-order valence-corrected chi connectivity index (χ1v) is 12.2. The van der Waals surface area contributed by atoms with Gasteiger partial charge in [-0.05, 0) is 73.5 Å². The van der Waals surface area contributed by atoms with Gasteiger partial charge in [0.2, 0.25) is 0 Å². The van der Waals surface area contributed by atoms with Gasteiger partial charge in [-0.1, -0.05) is 0 Å². The van der Waals surface area contributed by atoms with Crippen LogP contribution in [0.2, 0.25) is 0 Å². The molecule has 0 unspecified atom stereocenters. The molecule has 0 saturated carbocycles. The van der Waals surface area contributed by atoms with Gasteiger partial charge in [-0.3, -0.25) is 9.13 Å². The van der Waals surface area contributed by atoms with Gasteiger partial charge in [-0.15, -0.1) is 0 Å². The number of benzene rings is 2. The molecule has 5 rings (SSSR count). The van der Waals surface area contributed by atoms with Gasteiger partial charge in [0, 0.05) is 35.6 Å². The van der Waals surface area contributed by atoms with Crippen LogP contribution in [0, 0.1) is 0 Å². The lowest BCUT2D eigenvalue weighted by atomic mass is 9.90. The topological polar surface area (TPSA) is 155 Å². The van der Waals surface area contributed by atoms with Gasteiger partial charge in [0.15, 0.2) is 0 Å². The Morgan fingerprint density at radius 3 is 1.37 bits per heavy atom. The number of carbonyl (C=O) groups is 2. The van der Waals surface area contributed by atoms with Crippen molar-refractivity contribution >= 4 is 23.6 Å². The Morgan fingerprint density at radius 2 is 1.05 bits per heavy atom. The Balaban J connectivity index is 1.77. The van der Waals surface area contributed by atoms with E-state index in [0.29, 0.717) is 33.9 Å². The molecule has 4 aromatic rings. The minimum absolute atomic E-state index is 0.0876. The van der Waals surface area contributed by atoms with E-state index in [4.69, 9.17) is 20.9 Å². The van der Waals surface area contributed by atoms with Crippen LogP contribution in [-0.2, 0) is 22.3 Å². The molecule has 0 aliphatic heterocycles. The number of nitrogens with zero attached hydrogens (tertiary/aromatic N) is 2. The number of aromatic nitrogens is 2. The summed E-state index contributed by atoms with van der Waals surface area (Å²) in [6, 6.07) is 12.9. The zero-order chi connectivity index (χ0) is 27.1. The molecular formula is C28H28N4O6. The number of aromatic hydroxyl groups is 2. The molecule has 38 heavy (non-hydrogen) atoms. The highest BCUT2D eigenvalue weighted by Crippen LogP contribution is 2.42. The minimum atomic E-state index is -0.552. The molecule has 2 heterocycles. The van der Waals surface area contributed by atoms with E-state index in [0.717, 1.165) is 0 Å². The van der Waals surface area contributed by atoms with Gasteiger partial charge < -0.3 is 31.2 Å². The summed E-state index contributed by atoms with van der Waals surface area (Å²) in [5, 5.41) is 19.6. The maximum atomic E-state index is 13.1. The lowest BCUT2D eigenvalue weighted by Gasteiger charge is -2.20. The van der Waals surface area contributed by atoms with Gasteiger partial charge in [-0.2, -0.15) is 0 Å². The van der Waals surface area contributed by atoms with Gasteiger partial charge in [0.1, 0.15) is 34.3 Å². The van der Waals surface area contributed by atoms with Crippen molar-refractivity contribution in [3.63, 3.8) is 0 Å². The predicted octanol–water partition coefficient (Wildman–Crippen LogP) is 3.69. The molecule has 0 saturated heterocycles. The van der Waals surface area contributed by atoms with Crippen molar-refractivity contribution in [3.05, 3.63) is 82.2 Å². The van der Waals surface area contributed by atoms with E-state index in [2.05, 4.69) is 0 Å². The van der Waals surface area contributed by atoms with Crippen LogP contribution in [0.1, 0.15) is 57.1 Å². The fraction of sp³-hybridized carbons (Fsp3) is 0.214. The SMILES string of the molecule is CCOC(=O)c1c2c(n(-c3ccc(O)cc3)c1N)Cc1c(C(=O)OCC)c(N)n(-c3ccc(O)cc3)c1C2. The molecule has 0 fully saturated rings. The summed E-state index contributed by atoms with van der Waals surface area (Å²) in [4.78, 5) is 26.2. The van der Waals surface area contributed by atoms with E-state index in [1.54, 1.807) is 47.2 Å². The fourth-order valence-electron chi connectivity index (χ4n) is 5.12. The number of hydrogen-bond donors (Lipinski definition) is 4. The second kappa shape index (κ2) is 9.55. The quantitative estimate of drug-likeness (QED) is 0.249. The molecule has 0 bridgehead atoms. The van der Waals surface area contributed by atoms with Crippen molar-refractivity contribution in [2.75, 3.05) is 24.7 Å². The number of ether oxygens (including phenoxy) is 2. The fourth-order valence-corrected chi connectivity index (χ4v) is 5.12. The number of esters is 2. The van der Waals surface area contributed by atoms with E-state index >= 15 is 0 Å². The molecule has 0 amide bonds. The van der Waals surface area contributed by atoms with Crippen molar-refractivity contribution in [2.45, 2.75) is 26.7 Å². The largest absolute Gasteiger partial charge is 0.508 e. The number of carbonyl (C=O) groups excluding carboxylic acids is 2. The second-order valence-corrected chi connectivity index (χ2v) is 8.87. The second-order valence-electron chi connectivity index (χ2n) is 8.87. The highest BCUT2D eigenvalue weighted by Gasteiger charge is 2.37. The van der Waals surface area contributed by atoms with Crippen molar-refractivity contribution < 1.29 is 29.3 Å². The first kappa shape index (κ1) is 24.8. The lowest BCUT2D eigenvalue weighted by Crippen LogP contribution is -2.16. The summed E-state index contributed by atoms with van der Waals surface area (Å²) in [6.45, 7) is 3.79. The average Bonchev–Trinajstić information content (AvgIpc) is 3.33. The number of anilines is 2. The van der Waals surface area contributed by atoms with Crippen LogP contribution in [0.15, 0.2) is 48.5 Å². The van der Waals surface area contributed by atoms with Crippen LogP contribution in [0.25, 0.3) is 11.4 Å². The number of phenolic OH excluding ortho intramolecular Hbond substituents is 2. The summed E-state index contributed by atoms with van der Waals surface area (Å²) < 4.78 is 14.2. The summed E-state index contributed by atoms with van der Waals surface area (Å²) in [6.07, 6.45) is 0.469.